The number of aldehydes is 1. The Hall–Kier alpha value is -2.01. The maximum atomic E-state index is 10.9. The van der Waals surface area contributed by atoms with Gasteiger partial charge in [0.15, 0.2) is 0 Å². The molecule has 2 rings (SSSR count). The first-order valence-electron chi connectivity index (χ1n) is 5.14. The molecule has 1 aromatic carbocycles. The summed E-state index contributed by atoms with van der Waals surface area (Å²) in [5.41, 5.74) is 2.30. The van der Waals surface area contributed by atoms with E-state index in [4.69, 9.17) is 4.74 Å². The second kappa shape index (κ2) is 4.47. The Labute approximate surface area is 97.9 Å². The third-order valence-electron chi connectivity index (χ3n) is 2.78. The summed E-state index contributed by atoms with van der Waals surface area (Å²) < 4.78 is 5.48. The van der Waals surface area contributed by atoms with Gasteiger partial charge < -0.3 is 4.74 Å². The van der Waals surface area contributed by atoms with Gasteiger partial charge in [0.1, 0.15) is 12.4 Å². The molecule has 88 valence electrons. The molecule has 0 amide bonds. The minimum atomic E-state index is -0.457. The summed E-state index contributed by atoms with van der Waals surface area (Å²) in [4.78, 5) is 21.0. The molecule has 5 nitrogen and oxygen atoms in total. The van der Waals surface area contributed by atoms with Crippen molar-refractivity contribution >= 4 is 12.0 Å². The molecule has 0 saturated carbocycles. The van der Waals surface area contributed by atoms with Crippen LogP contribution in [0.2, 0.25) is 0 Å². The largest absolute Gasteiger partial charge is 0.364 e. The summed E-state index contributed by atoms with van der Waals surface area (Å²) in [5, 5.41) is 10.5. The first-order chi connectivity index (χ1) is 8.13. The van der Waals surface area contributed by atoms with Crippen LogP contribution in [0, 0.1) is 10.1 Å². The zero-order valence-electron chi connectivity index (χ0n) is 9.25. The number of non-ortho nitro benzene ring substituents is 1. The smallest absolute Gasteiger partial charge is 0.269 e. The molecule has 0 aliphatic carbocycles. The molecule has 5 heteroatoms. The lowest BCUT2D eigenvalue weighted by Crippen LogP contribution is -2.02. The van der Waals surface area contributed by atoms with E-state index in [9.17, 15) is 14.9 Å². The molecule has 1 aromatic rings. The number of nitro benzene ring substituents is 1. The highest BCUT2D eigenvalue weighted by molar-refractivity contribution is 5.77. The van der Waals surface area contributed by atoms with Crippen LogP contribution in [-0.2, 0) is 9.53 Å². The molecule has 0 saturated heterocycles. The zero-order valence-corrected chi connectivity index (χ0v) is 9.25. The van der Waals surface area contributed by atoms with Crippen LogP contribution in [0.25, 0.3) is 0 Å². The van der Waals surface area contributed by atoms with E-state index < -0.39 is 11.0 Å². The number of ether oxygens (including phenoxy) is 1. The number of benzene rings is 1. The van der Waals surface area contributed by atoms with Gasteiger partial charge in [-0.05, 0) is 30.2 Å². The highest BCUT2D eigenvalue weighted by Gasteiger charge is 2.25. The van der Waals surface area contributed by atoms with Gasteiger partial charge in [-0.25, -0.2) is 0 Å². The summed E-state index contributed by atoms with van der Waals surface area (Å²) >= 11 is 0. The Balaban J connectivity index is 2.30. The number of hydrogen-bond donors (Lipinski definition) is 0. The van der Waals surface area contributed by atoms with Gasteiger partial charge >= 0.3 is 0 Å². The molecule has 0 N–H and O–H groups in total. The number of nitro groups is 1. The molecule has 17 heavy (non-hydrogen) atoms. The van der Waals surface area contributed by atoms with Crippen molar-refractivity contribution in [1.29, 1.82) is 0 Å². The molecule has 0 radical (unpaired) electrons. The molecule has 0 unspecified atom stereocenters. The molecule has 1 aliphatic rings. The van der Waals surface area contributed by atoms with Crippen molar-refractivity contribution in [2.75, 3.05) is 6.61 Å². The van der Waals surface area contributed by atoms with Gasteiger partial charge in [0, 0.05) is 17.7 Å². The number of hydrogen-bond acceptors (Lipinski definition) is 4. The summed E-state index contributed by atoms with van der Waals surface area (Å²) in [5.74, 6) is 0. The van der Waals surface area contributed by atoms with Gasteiger partial charge in [0.2, 0.25) is 0 Å². The van der Waals surface area contributed by atoms with Crippen LogP contribution in [0.4, 0.5) is 5.69 Å². The van der Waals surface area contributed by atoms with Crippen LogP contribution in [0.1, 0.15) is 18.6 Å². The molecular formula is C12H11NO4. The van der Waals surface area contributed by atoms with E-state index in [-0.39, 0.29) is 5.69 Å². The third kappa shape index (κ3) is 2.09. The van der Waals surface area contributed by atoms with E-state index in [0.717, 1.165) is 17.4 Å². The van der Waals surface area contributed by atoms with E-state index >= 15 is 0 Å². The van der Waals surface area contributed by atoms with Gasteiger partial charge in [-0.1, -0.05) is 0 Å². The lowest BCUT2D eigenvalue weighted by atomic mass is 10.0. The van der Waals surface area contributed by atoms with Crippen molar-refractivity contribution in [2.45, 2.75) is 13.0 Å². The van der Waals surface area contributed by atoms with Gasteiger partial charge in [0.25, 0.3) is 5.69 Å². The van der Waals surface area contributed by atoms with E-state index in [0.29, 0.717) is 12.2 Å². The number of rotatable bonds is 3. The summed E-state index contributed by atoms with van der Waals surface area (Å²) in [6, 6.07) is 6.05. The average molecular weight is 233 g/mol. The molecule has 0 spiro atoms. The zero-order chi connectivity index (χ0) is 12.4. The van der Waals surface area contributed by atoms with Crippen molar-refractivity contribution in [3.05, 3.63) is 51.1 Å². The average Bonchev–Trinajstić information content (AvgIpc) is 2.70. The van der Waals surface area contributed by atoms with Gasteiger partial charge in [-0.2, -0.15) is 0 Å². The highest BCUT2D eigenvalue weighted by Crippen LogP contribution is 2.33. The second-order valence-electron chi connectivity index (χ2n) is 3.89. The monoisotopic (exact) mass is 233 g/mol. The van der Waals surface area contributed by atoms with Crippen LogP contribution in [0.3, 0.4) is 0 Å². The first-order valence-corrected chi connectivity index (χ1v) is 5.14. The number of carbonyl (C=O) groups excluding carboxylic acids is 1. The van der Waals surface area contributed by atoms with E-state index in [2.05, 4.69) is 0 Å². The maximum Gasteiger partial charge on any atom is 0.269 e. The number of nitrogens with zero attached hydrogens (tertiary/aromatic N) is 1. The van der Waals surface area contributed by atoms with E-state index in [1.165, 1.54) is 12.1 Å². The van der Waals surface area contributed by atoms with Crippen molar-refractivity contribution in [2.24, 2.45) is 0 Å². The minimum absolute atomic E-state index is 0.0279. The van der Waals surface area contributed by atoms with Gasteiger partial charge in [-0.15, -0.1) is 0 Å². The Morgan fingerprint density at radius 1 is 1.41 bits per heavy atom. The fraction of sp³-hybridized carbons (Fsp3) is 0.250. The molecule has 1 heterocycles. The predicted octanol–water partition coefficient (Wildman–Crippen LogP) is 2.18. The Bertz CT molecular complexity index is 490. The summed E-state index contributed by atoms with van der Waals surface area (Å²) in [6.07, 6.45) is 0.391. The Morgan fingerprint density at radius 2 is 2.06 bits per heavy atom. The standard InChI is InChI=1S/C12H11NO4/c1-8-7-17-12(11(8)6-14)9-2-4-10(5-3-9)13(15)16/h2-6,12H,7H2,1H3/t12-/m1/s1. The van der Waals surface area contributed by atoms with Crippen molar-refractivity contribution in [3.8, 4) is 0 Å². The lowest BCUT2D eigenvalue weighted by Gasteiger charge is -2.10. The van der Waals surface area contributed by atoms with Crippen LogP contribution in [0.15, 0.2) is 35.4 Å². The lowest BCUT2D eigenvalue weighted by molar-refractivity contribution is -0.384. The molecule has 1 atom stereocenters. The van der Waals surface area contributed by atoms with E-state index in [1.54, 1.807) is 12.1 Å². The summed E-state index contributed by atoms with van der Waals surface area (Å²) in [7, 11) is 0. The minimum Gasteiger partial charge on any atom is -0.364 e. The predicted molar refractivity (Wildman–Crippen MR) is 60.6 cm³/mol. The molecule has 0 bridgehead atoms. The quantitative estimate of drug-likeness (QED) is 0.456. The third-order valence-corrected chi connectivity index (χ3v) is 2.78. The van der Waals surface area contributed by atoms with Crippen LogP contribution >= 0.6 is 0 Å². The highest BCUT2D eigenvalue weighted by atomic mass is 16.6. The first kappa shape index (κ1) is 11.5. The fourth-order valence-electron chi connectivity index (χ4n) is 1.81. The SMILES string of the molecule is CC1=C(C=O)[C@@H](c2ccc([N+](=O)[O-])cc2)OC1. The van der Waals surface area contributed by atoms with Crippen molar-refractivity contribution in [1.82, 2.24) is 0 Å². The Morgan fingerprint density at radius 3 is 2.59 bits per heavy atom. The second-order valence-corrected chi connectivity index (χ2v) is 3.89. The normalized spacial score (nSPS) is 19.5. The van der Waals surface area contributed by atoms with Gasteiger partial charge in [-0.3, -0.25) is 14.9 Å². The van der Waals surface area contributed by atoms with Crippen LogP contribution < -0.4 is 0 Å². The van der Waals surface area contributed by atoms with Crippen molar-refractivity contribution in [3.63, 3.8) is 0 Å². The Kier molecular flexibility index (Phi) is 3.01. The molecule has 0 fully saturated rings. The van der Waals surface area contributed by atoms with Gasteiger partial charge in [0.05, 0.1) is 11.5 Å². The summed E-state index contributed by atoms with van der Waals surface area (Å²) in [6.45, 7) is 2.27. The fourth-order valence-corrected chi connectivity index (χ4v) is 1.81. The maximum absolute atomic E-state index is 10.9. The van der Waals surface area contributed by atoms with Crippen LogP contribution in [-0.4, -0.2) is 17.8 Å². The number of carbonyl (C=O) groups is 1. The van der Waals surface area contributed by atoms with Crippen molar-refractivity contribution < 1.29 is 14.5 Å². The molecule has 1 aliphatic heterocycles. The van der Waals surface area contributed by atoms with Crippen LogP contribution in [0.5, 0.6) is 0 Å². The molecular weight excluding hydrogens is 222 g/mol. The topological polar surface area (TPSA) is 69.4 Å². The van der Waals surface area contributed by atoms with E-state index in [1.807, 2.05) is 6.92 Å². The molecule has 0 aromatic heterocycles.